The Morgan fingerprint density at radius 1 is 1.42 bits per heavy atom. The lowest BCUT2D eigenvalue weighted by molar-refractivity contribution is -0.144. The normalized spacial score (nSPS) is 29.5. The molecular weight excluding hydrogens is 354 g/mol. The van der Waals surface area contributed by atoms with Crippen LogP contribution in [0.2, 0.25) is 5.02 Å². The van der Waals surface area contributed by atoms with Crippen molar-refractivity contribution in [1.29, 1.82) is 0 Å². The summed E-state index contributed by atoms with van der Waals surface area (Å²) in [4.78, 5) is 37.1. The SMILES string of the molecule is CCC[C@@H]1[C@@H](C=O)[C@H](CC(=O)OCC)C[C@]12C(=O)Nc1ccc(Cl)cc12. The standard InChI is InChI=1S/C20H24ClNO4/c1-3-5-15-14(11-23)12(8-18(24)26-4-2)10-20(15)16-9-13(21)6-7-17(16)22-19(20)25/h6-7,9,11-12,14-15H,3-5,8,10H2,1-2H3,(H,22,25)/t12-,14+,15-,20+/m1/s1. The maximum Gasteiger partial charge on any atom is 0.306 e. The molecule has 0 bridgehead atoms. The van der Waals surface area contributed by atoms with Crippen molar-refractivity contribution >= 4 is 35.5 Å². The predicted octanol–water partition coefficient (Wildman–Crippen LogP) is 3.73. The molecule has 1 aromatic carbocycles. The largest absolute Gasteiger partial charge is 0.466 e. The van der Waals surface area contributed by atoms with Crippen LogP contribution in [0.1, 0.15) is 45.1 Å². The summed E-state index contributed by atoms with van der Waals surface area (Å²) in [5.74, 6) is -1.12. The van der Waals surface area contributed by atoms with Crippen LogP contribution in [-0.2, 0) is 24.5 Å². The Labute approximate surface area is 158 Å². The molecule has 2 aliphatic rings. The third-order valence-electron chi connectivity index (χ3n) is 5.83. The number of hydrogen-bond acceptors (Lipinski definition) is 4. The molecule has 0 radical (unpaired) electrons. The van der Waals surface area contributed by atoms with Gasteiger partial charge in [0.2, 0.25) is 5.91 Å². The van der Waals surface area contributed by atoms with Gasteiger partial charge in [0.25, 0.3) is 0 Å². The zero-order chi connectivity index (χ0) is 18.9. The van der Waals surface area contributed by atoms with Crippen molar-refractivity contribution in [3.8, 4) is 0 Å². The number of halogens is 1. The molecule has 3 rings (SSSR count). The molecule has 4 atom stereocenters. The van der Waals surface area contributed by atoms with Crippen LogP contribution in [-0.4, -0.2) is 24.8 Å². The van der Waals surface area contributed by atoms with Crippen molar-refractivity contribution in [2.45, 2.75) is 44.9 Å². The molecule has 1 fully saturated rings. The summed E-state index contributed by atoms with van der Waals surface area (Å²) in [5.41, 5.74) is 0.799. The van der Waals surface area contributed by atoms with Crippen molar-refractivity contribution in [2.24, 2.45) is 17.8 Å². The van der Waals surface area contributed by atoms with Gasteiger partial charge in [0.05, 0.1) is 12.0 Å². The number of aldehydes is 1. The summed E-state index contributed by atoms with van der Waals surface area (Å²) in [6.07, 6.45) is 3.13. The van der Waals surface area contributed by atoms with Crippen LogP contribution in [0.15, 0.2) is 18.2 Å². The number of benzene rings is 1. The third-order valence-corrected chi connectivity index (χ3v) is 6.07. The number of carbonyl (C=O) groups excluding carboxylic acids is 3. The van der Waals surface area contributed by atoms with Crippen LogP contribution in [0.5, 0.6) is 0 Å². The number of hydrogen-bond donors (Lipinski definition) is 1. The number of fused-ring (bicyclic) bond motifs is 2. The zero-order valence-electron chi connectivity index (χ0n) is 15.1. The average molecular weight is 378 g/mol. The van der Waals surface area contributed by atoms with Crippen LogP contribution >= 0.6 is 11.6 Å². The van der Waals surface area contributed by atoms with E-state index in [4.69, 9.17) is 16.3 Å². The average Bonchev–Trinajstić information content (AvgIpc) is 3.05. The molecule has 0 unspecified atom stereocenters. The lowest BCUT2D eigenvalue weighted by Gasteiger charge is -2.31. The molecule has 1 N–H and O–H groups in total. The summed E-state index contributed by atoms with van der Waals surface area (Å²) in [6.45, 7) is 4.10. The van der Waals surface area contributed by atoms with Gasteiger partial charge in [-0.05, 0) is 55.4 Å². The minimum absolute atomic E-state index is 0.0913. The van der Waals surface area contributed by atoms with E-state index in [2.05, 4.69) is 5.32 Å². The highest BCUT2D eigenvalue weighted by Crippen LogP contribution is 2.58. The van der Waals surface area contributed by atoms with E-state index in [1.807, 2.05) is 19.1 Å². The molecule has 1 aliphatic carbocycles. The fraction of sp³-hybridized carbons (Fsp3) is 0.550. The first-order chi connectivity index (χ1) is 12.5. The lowest BCUT2D eigenvalue weighted by atomic mass is 9.69. The van der Waals surface area contributed by atoms with E-state index >= 15 is 0 Å². The van der Waals surface area contributed by atoms with Gasteiger partial charge in [0.1, 0.15) is 6.29 Å². The Balaban J connectivity index is 2.05. The quantitative estimate of drug-likeness (QED) is 0.605. The van der Waals surface area contributed by atoms with Crippen molar-refractivity contribution in [3.63, 3.8) is 0 Å². The molecule has 6 heteroatoms. The topological polar surface area (TPSA) is 72.5 Å². The Morgan fingerprint density at radius 3 is 2.85 bits per heavy atom. The fourth-order valence-electron chi connectivity index (χ4n) is 4.88. The van der Waals surface area contributed by atoms with E-state index in [0.29, 0.717) is 18.1 Å². The van der Waals surface area contributed by atoms with Crippen LogP contribution in [0.3, 0.4) is 0 Å². The zero-order valence-corrected chi connectivity index (χ0v) is 15.8. The van der Waals surface area contributed by atoms with Gasteiger partial charge in [-0.25, -0.2) is 0 Å². The summed E-state index contributed by atoms with van der Waals surface area (Å²) in [5, 5.41) is 3.52. The highest BCUT2D eigenvalue weighted by molar-refractivity contribution is 6.31. The first-order valence-corrected chi connectivity index (χ1v) is 9.58. The van der Waals surface area contributed by atoms with Gasteiger partial charge < -0.3 is 14.8 Å². The number of carbonyl (C=O) groups is 3. The summed E-state index contributed by atoms with van der Waals surface area (Å²) < 4.78 is 5.08. The van der Waals surface area contributed by atoms with Gasteiger partial charge in [-0.3, -0.25) is 9.59 Å². The second-order valence-electron chi connectivity index (χ2n) is 7.20. The number of nitrogens with one attached hydrogen (secondary N) is 1. The second-order valence-corrected chi connectivity index (χ2v) is 7.63. The summed E-state index contributed by atoms with van der Waals surface area (Å²) in [7, 11) is 0. The third kappa shape index (κ3) is 2.92. The molecule has 1 aliphatic heterocycles. The van der Waals surface area contributed by atoms with Gasteiger partial charge in [0, 0.05) is 23.0 Å². The fourth-order valence-corrected chi connectivity index (χ4v) is 5.05. The minimum Gasteiger partial charge on any atom is -0.466 e. The van der Waals surface area contributed by atoms with Crippen molar-refractivity contribution < 1.29 is 19.1 Å². The Hall–Kier alpha value is -1.88. The Morgan fingerprint density at radius 2 is 2.19 bits per heavy atom. The number of ether oxygens (including phenoxy) is 1. The van der Waals surface area contributed by atoms with Crippen LogP contribution in [0.25, 0.3) is 0 Å². The molecule has 0 saturated heterocycles. The van der Waals surface area contributed by atoms with Crippen molar-refractivity contribution in [2.75, 3.05) is 11.9 Å². The predicted molar refractivity (Wildman–Crippen MR) is 99.1 cm³/mol. The molecular formula is C20H24ClNO4. The van der Waals surface area contributed by atoms with E-state index in [1.54, 1.807) is 13.0 Å². The maximum atomic E-state index is 13.1. The molecule has 1 aromatic rings. The lowest BCUT2D eigenvalue weighted by Crippen LogP contribution is -2.40. The minimum atomic E-state index is -0.807. The van der Waals surface area contributed by atoms with Crippen LogP contribution in [0, 0.1) is 17.8 Å². The summed E-state index contributed by atoms with van der Waals surface area (Å²) >= 11 is 6.21. The van der Waals surface area contributed by atoms with Crippen LogP contribution in [0.4, 0.5) is 5.69 Å². The van der Waals surface area contributed by atoms with Gasteiger partial charge in [-0.2, -0.15) is 0 Å². The molecule has 5 nitrogen and oxygen atoms in total. The second kappa shape index (κ2) is 7.39. The van der Waals surface area contributed by atoms with E-state index in [9.17, 15) is 14.4 Å². The van der Waals surface area contributed by atoms with E-state index < -0.39 is 5.41 Å². The molecule has 26 heavy (non-hydrogen) atoms. The van der Waals surface area contributed by atoms with Gasteiger partial charge in [-0.15, -0.1) is 0 Å². The number of amides is 1. The Bertz CT molecular complexity index is 735. The van der Waals surface area contributed by atoms with Gasteiger partial charge in [0.15, 0.2) is 0 Å². The first kappa shape index (κ1) is 18.9. The van der Waals surface area contributed by atoms with Gasteiger partial charge >= 0.3 is 5.97 Å². The molecule has 140 valence electrons. The van der Waals surface area contributed by atoms with Crippen molar-refractivity contribution in [1.82, 2.24) is 0 Å². The number of anilines is 1. The highest BCUT2D eigenvalue weighted by Gasteiger charge is 2.61. The monoisotopic (exact) mass is 377 g/mol. The molecule has 1 spiro atoms. The molecule has 1 saturated carbocycles. The van der Waals surface area contributed by atoms with E-state index in [-0.39, 0.29) is 36.1 Å². The van der Waals surface area contributed by atoms with Gasteiger partial charge in [-0.1, -0.05) is 24.9 Å². The Kier molecular flexibility index (Phi) is 5.37. The van der Waals surface area contributed by atoms with E-state index in [0.717, 1.165) is 30.4 Å². The number of rotatable bonds is 6. The summed E-state index contributed by atoms with van der Waals surface area (Å²) in [6, 6.07) is 5.38. The highest BCUT2D eigenvalue weighted by atomic mass is 35.5. The smallest absolute Gasteiger partial charge is 0.306 e. The van der Waals surface area contributed by atoms with Crippen molar-refractivity contribution in [3.05, 3.63) is 28.8 Å². The maximum absolute atomic E-state index is 13.1. The number of esters is 1. The molecule has 1 heterocycles. The first-order valence-electron chi connectivity index (χ1n) is 9.20. The van der Waals surface area contributed by atoms with E-state index in [1.165, 1.54) is 0 Å². The molecule has 1 amide bonds. The molecule has 0 aromatic heterocycles. The van der Waals surface area contributed by atoms with Crippen LogP contribution < -0.4 is 5.32 Å².